The zero-order chi connectivity index (χ0) is 35.2. The monoisotopic (exact) mass is 677 g/mol. The van der Waals surface area contributed by atoms with Crippen molar-refractivity contribution in [2.24, 2.45) is 0 Å². The minimum absolute atomic E-state index is 1.15. The number of H-pyrrole nitrogens is 1. The van der Waals surface area contributed by atoms with Gasteiger partial charge in [0.15, 0.2) is 0 Å². The molecule has 0 aliphatic carbocycles. The van der Waals surface area contributed by atoms with Crippen LogP contribution in [0.25, 0.3) is 99.0 Å². The number of hydrogen-bond donors (Lipinski definition) is 1. The van der Waals surface area contributed by atoms with Gasteiger partial charge < -0.3 is 14.1 Å². The van der Waals surface area contributed by atoms with E-state index >= 15 is 0 Å². The van der Waals surface area contributed by atoms with Crippen LogP contribution in [0.1, 0.15) is 11.1 Å². The van der Waals surface area contributed by atoms with Crippen LogP contribution >= 0.6 is 0 Å². The third-order valence-corrected chi connectivity index (χ3v) is 11.1. The first kappa shape index (κ1) is 29.8. The number of aromatic nitrogens is 3. The first-order chi connectivity index (χ1) is 26.1. The highest BCUT2D eigenvalue weighted by Crippen LogP contribution is 2.39. The van der Waals surface area contributed by atoms with Crippen molar-refractivity contribution in [2.75, 3.05) is 0 Å². The van der Waals surface area contributed by atoms with E-state index in [4.69, 9.17) is 0 Å². The van der Waals surface area contributed by atoms with E-state index in [1.807, 2.05) is 0 Å². The molecule has 0 fully saturated rings. The van der Waals surface area contributed by atoms with Crippen LogP contribution in [-0.2, 0) is 0 Å². The van der Waals surface area contributed by atoms with E-state index in [-0.39, 0.29) is 0 Å². The highest BCUT2D eigenvalue weighted by atomic mass is 15.0. The number of nitrogens with one attached hydrogen (secondary N) is 1. The Morgan fingerprint density at radius 3 is 1.08 bits per heavy atom. The summed E-state index contributed by atoms with van der Waals surface area (Å²) in [5.41, 5.74) is 16.9. The predicted octanol–water partition coefficient (Wildman–Crippen LogP) is 13.5. The fourth-order valence-corrected chi connectivity index (χ4v) is 8.60. The lowest BCUT2D eigenvalue weighted by atomic mass is 9.98. The maximum absolute atomic E-state index is 3.69. The van der Waals surface area contributed by atoms with E-state index in [0.29, 0.717) is 0 Å². The second-order valence-corrected chi connectivity index (χ2v) is 14.5. The topological polar surface area (TPSA) is 25.6 Å². The molecule has 0 saturated carbocycles. The molecule has 0 radical (unpaired) electrons. The van der Waals surface area contributed by atoms with Crippen LogP contribution in [0.5, 0.6) is 0 Å². The number of aromatic amines is 1. The molecule has 0 spiro atoms. The molecule has 3 heterocycles. The van der Waals surface area contributed by atoms with Crippen molar-refractivity contribution in [3.63, 3.8) is 0 Å². The summed E-state index contributed by atoms with van der Waals surface area (Å²) in [5.74, 6) is 0. The van der Waals surface area contributed by atoms with Gasteiger partial charge in [0.25, 0.3) is 0 Å². The summed E-state index contributed by atoms with van der Waals surface area (Å²) in [6.45, 7) is 4.35. The molecular formula is C50H35N3. The molecule has 3 nitrogen and oxygen atoms in total. The lowest BCUT2D eigenvalue weighted by molar-refractivity contribution is 1.18. The highest BCUT2D eigenvalue weighted by Gasteiger charge is 2.16. The number of benzene rings is 8. The number of fused-ring (bicyclic) bond motifs is 9. The summed E-state index contributed by atoms with van der Waals surface area (Å²) >= 11 is 0. The van der Waals surface area contributed by atoms with Crippen LogP contribution in [0.15, 0.2) is 170 Å². The van der Waals surface area contributed by atoms with Crippen LogP contribution in [-0.4, -0.2) is 14.1 Å². The molecule has 53 heavy (non-hydrogen) atoms. The quantitative estimate of drug-likeness (QED) is 0.192. The van der Waals surface area contributed by atoms with E-state index in [1.165, 1.54) is 99.1 Å². The predicted molar refractivity (Wildman–Crippen MR) is 225 cm³/mol. The Bertz CT molecular complexity index is 3010. The Kier molecular flexibility index (Phi) is 6.38. The van der Waals surface area contributed by atoms with Crippen LogP contribution < -0.4 is 0 Å². The number of para-hydroxylation sites is 2. The third-order valence-electron chi connectivity index (χ3n) is 11.1. The Balaban J connectivity index is 1.05. The molecule has 0 saturated heterocycles. The minimum atomic E-state index is 1.15. The molecule has 11 aromatic rings. The lowest BCUT2D eigenvalue weighted by Crippen LogP contribution is -1.93. The van der Waals surface area contributed by atoms with Gasteiger partial charge in [-0.25, -0.2) is 0 Å². The standard InChI is InChI=1S/C50H35N3/c1-31-13-21-47-41(25-31)43-29-35(17-23-49(43)52(47)37-9-5-3-6-10-37)33-15-19-45-39(27-33)40-28-34(16-20-46(40)51-45)36-18-24-50-44(30-36)42-26-32(2)14-22-48(42)53(50)38-11-7-4-8-12-38/h3-30,51H,1-2H3. The van der Waals surface area contributed by atoms with Gasteiger partial charge in [-0.1, -0.05) is 83.9 Å². The molecule has 0 aliphatic rings. The summed E-state index contributed by atoms with van der Waals surface area (Å²) in [5, 5.41) is 7.57. The van der Waals surface area contributed by atoms with Crippen molar-refractivity contribution < 1.29 is 0 Å². The third kappa shape index (κ3) is 4.60. The summed E-state index contributed by atoms with van der Waals surface area (Å²) in [4.78, 5) is 3.69. The maximum atomic E-state index is 3.69. The zero-order valence-electron chi connectivity index (χ0n) is 29.6. The SMILES string of the molecule is Cc1ccc2c(c1)c1cc(-c3ccc4[nH]c5ccc(-c6ccc7c(c6)c6cc(C)ccc6n7-c6ccccc6)cc5c4c3)ccc1n2-c1ccccc1. The Hall–Kier alpha value is -6.84. The van der Waals surface area contributed by atoms with Crippen LogP contribution in [0, 0.1) is 13.8 Å². The van der Waals surface area contributed by atoms with Crippen molar-refractivity contribution in [3.05, 3.63) is 181 Å². The molecule has 1 N–H and O–H groups in total. The van der Waals surface area contributed by atoms with Crippen molar-refractivity contribution in [3.8, 4) is 33.6 Å². The van der Waals surface area contributed by atoms with Gasteiger partial charge in [-0.3, -0.25) is 0 Å². The van der Waals surface area contributed by atoms with E-state index in [2.05, 4.69) is 198 Å². The van der Waals surface area contributed by atoms with Gasteiger partial charge in [-0.15, -0.1) is 0 Å². The molecule has 0 aliphatic heterocycles. The molecule has 250 valence electrons. The molecule has 11 rings (SSSR count). The van der Waals surface area contributed by atoms with Gasteiger partial charge in [0, 0.05) is 54.7 Å². The van der Waals surface area contributed by atoms with Gasteiger partial charge in [0.05, 0.1) is 22.1 Å². The van der Waals surface area contributed by atoms with E-state index in [9.17, 15) is 0 Å². The zero-order valence-corrected chi connectivity index (χ0v) is 29.6. The first-order valence-corrected chi connectivity index (χ1v) is 18.3. The molecule has 0 unspecified atom stereocenters. The van der Waals surface area contributed by atoms with E-state index in [0.717, 1.165) is 11.0 Å². The van der Waals surface area contributed by atoms with Gasteiger partial charge in [0.2, 0.25) is 0 Å². The largest absolute Gasteiger partial charge is 0.355 e. The molecule has 0 amide bonds. The van der Waals surface area contributed by atoms with Gasteiger partial charge in [0.1, 0.15) is 0 Å². The Morgan fingerprint density at radius 2 is 0.660 bits per heavy atom. The Morgan fingerprint density at radius 1 is 0.321 bits per heavy atom. The number of rotatable bonds is 4. The number of nitrogens with zero attached hydrogens (tertiary/aromatic N) is 2. The molecule has 0 bridgehead atoms. The summed E-state index contributed by atoms with van der Waals surface area (Å²) in [7, 11) is 0. The average Bonchev–Trinajstić information content (AvgIpc) is 3.84. The fourth-order valence-electron chi connectivity index (χ4n) is 8.60. The average molecular weight is 678 g/mol. The fraction of sp³-hybridized carbons (Fsp3) is 0.0400. The maximum Gasteiger partial charge on any atom is 0.0541 e. The molecule has 8 aromatic carbocycles. The molecule has 0 atom stereocenters. The summed E-state index contributed by atoms with van der Waals surface area (Å²) in [6.07, 6.45) is 0. The van der Waals surface area contributed by atoms with Crippen molar-refractivity contribution >= 4 is 65.4 Å². The van der Waals surface area contributed by atoms with Crippen LogP contribution in [0.4, 0.5) is 0 Å². The van der Waals surface area contributed by atoms with Crippen LogP contribution in [0.2, 0.25) is 0 Å². The molecule has 3 heteroatoms. The smallest absolute Gasteiger partial charge is 0.0541 e. The number of aryl methyl sites for hydroxylation is 2. The molecule has 3 aromatic heterocycles. The Labute approximate surface area is 307 Å². The van der Waals surface area contributed by atoms with Crippen LogP contribution in [0.3, 0.4) is 0 Å². The second kappa shape index (κ2) is 11.3. The molecular weight excluding hydrogens is 643 g/mol. The second-order valence-electron chi connectivity index (χ2n) is 14.5. The number of hydrogen-bond acceptors (Lipinski definition) is 0. The van der Waals surface area contributed by atoms with Crippen molar-refractivity contribution in [2.45, 2.75) is 13.8 Å². The minimum Gasteiger partial charge on any atom is -0.355 e. The summed E-state index contributed by atoms with van der Waals surface area (Å²) < 4.78 is 4.77. The van der Waals surface area contributed by atoms with E-state index in [1.54, 1.807) is 0 Å². The van der Waals surface area contributed by atoms with Gasteiger partial charge in [-0.05, 0) is 133 Å². The highest BCUT2D eigenvalue weighted by molar-refractivity contribution is 6.14. The van der Waals surface area contributed by atoms with Crippen molar-refractivity contribution in [1.82, 2.24) is 14.1 Å². The summed E-state index contributed by atoms with van der Waals surface area (Å²) in [6, 6.07) is 62.5. The normalized spacial score (nSPS) is 12.0. The lowest BCUT2D eigenvalue weighted by Gasteiger charge is -2.08. The van der Waals surface area contributed by atoms with Crippen molar-refractivity contribution in [1.29, 1.82) is 0 Å². The first-order valence-electron chi connectivity index (χ1n) is 18.3. The van der Waals surface area contributed by atoms with Gasteiger partial charge >= 0.3 is 0 Å². The van der Waals surface area contributed by atoms with E-state index < -0.39 is 0 Å². The van der Waals surface area contributed by atoms with Gasteiger partial charge in [-0.2, -0.15) is 0 Å².